The lowest BCUT2D eigenvalue weighted by Crippen LogP contribution is -2.17. The molecule has 0 saturated carbocycles. The summed E-state index contributed by atoms with van der Waals surface area (Å²) in [4.78, 5) is 41.7. The molecule has 0 saturated heterocycles. The van der Waals surface area contributed by atoms with Crippen molar-refractivity contribution >= 4 is 45.3 Å². The maximum absolute atomic E-state index is 13.7. The zero-order valence-corrected chi connectivity index (χ0v) is 25.3. The number of amides is 2. The van der Waals surface area contributed by atoms with Crippen LogP contribution >= 0.6 is 0 Å². The maximum Gasteiger partial charge on any atom is 0.257 e. The molecule has 7 nitrogen and oxygen atoms in total. The first-order chi connectivity index (χ1) is 22.4. The van der Waals surface area contributed by atoms with Crippen molar-refractivity contribution in [1.29, 1.82) is 0 Å². The largest absolute Gasteiger partial charge is 0.306 e. The molecule has 7 rings (SSSR count). The molecule has 4 aromatic carbocycles. The quantitative estimate of drug-likeness (QED) is 0.199. The summed E-state index contributed by atoms with van der Waals surface area (Å²) in [7, 11) is 0. The monoisotopic (exact) mass is 599 g/mol. The zero-order chi connectivity index (χ0) is 31.6. The second-order valence-electron chi connectivity index (χ2n) is 11.1. The molecule has 0 spiro atoms. The van der Waals surface area contributed by atoms with E-state index in [0.29, 0.717) is 34.2 Å². The molecule has 0 atom stereocenters. The molecule has 0 bridgehead atoms. The first-order valence-corrected chi connectivity index (χ1v) is 15.0. The lowest BCUT2D eigenvalue weighted by atomic mass is 10.0. The van der Waals surface area contributed by atoms with Gasteiger partial charge in [-0.15, -0.1) is 0 Å². The van der Waals surface area contributed by atoms with Gasteiger partial charge in [-0.1, -0.05) is 91.0 Å². The van der Waals surface area contributed by atoms with Crippen LogP contribution in [-0.4, -0.2) is 26.8 Å². The van der Waals surface area contributed by atoms with Crippen LogP contribution < -0.4 is 10.6 Å². The van der Waals surface area contributed by atoms with Gasteiger partial charge in [-0.25, -0.2) is 15.0 Å². The fourth-order valence-corrected chi connectivity index (χ4v) is 5.66. The number of benzene rings is 4. The number of nitrogens with one attached hydrogen (secondary N) is 2. The van der Waals surface area contributed by atoms with Crippen molar-refractivity contribution in [2.24, 2.45) is 0 Å². The summed E-state index contributed by atoms with van der Waals surface area (Å²) in [6, 6.07) is 39.8. The molecule has 0 fully saturated rings. The highest BCUT2D eigenvalue weighted by atomic mass is 16.2. The smallest absolute Gasteiger partial charge is 0.257 e. The van der Waals surface area contributed by atoms with Gasteiger partial charge >= 0.3 is 0 Å². The molecule has 3 heterocycles. The van der Waals surface area contributed by atoms with Crippen molar-refractivity contribution in [3.05, 3.63) is 150 Å². The lowest BCUT2D eigenvalue weighted by Gasteiger charge is -2.13. The highest BCUT2D eigenvalue weighted by Crippen LogP contribution is 2.29. The van der Waals surface area contributed by atoms with Crippen LogP contribution in [0.1, 0.15) is 31.8 Å². The van der Waals surface area contributed by atoms with Gasteiger partial charge in [0.15, 0.2) is 0 Å². The van der Waals surface area contributed by atoms with Gasteiger partial charge in [0.1, 0.15) is 11.6 Å². The SMILES string of the molecule is Cc1ccccc1-c1cc(C(=O)Nc2cccc(NC(=O)c3cc(-c4ccccc4C)nc4ccccc34)n2)c2ccccc2n1. The lowest BCUT2D eigenvalue weighted by molar-refractivity contribution is 0.102. The predicted molar refractivity (Wildman–Crippen MR) is 184 cm³/mol. The Labute approximate surface area is 266 Å². The Kier molecular flexibility index (Phi) is 7.48. The number of carbonyl (C=O) groups excluding carboxylic acids is 2. The molecule has 2 amide bonds. The standard InChI is InChI=1S/C39H29N5O2/c1-24-12-3-5-14-26(24)34-22-30(28-16-7-9-18-32(28)40-34)38(45)43-36-20-11-21-37(42-36)44-39(46)31-23-35(27-15-6-4-13-25(27)2)41-33-19-10-8-17-29(31)33/h3-23H,1-2H3,(H2,42,43,44,45,46). The van der Waals surface area contributed by atoms with Gasteiger partial charge in [0.05, 0.1) is 33.5 Å². The first-order valence-electron chi connectivity index (χ1n) is 15.0. The molecule has 222 valence electrons. The number of rotatable bonds is 6. The number of carbonyl (C=O) groups is 2. The normalized spacial score (nSPS) is 11.0. The van der Waals surface area contributed by atoms with E-state index in [-0.39, 0.29) is 11.8 Å². The number of para-hydroxylation sites is 2. The summed E-state index contributed by atoms with van der Waals surface area (Å²) >= 11 is 0. The van der Waals surface area contributed by atoms with Crippen LogP contribution in [-0.2, 0) is 0 Å². The molecule has 2 N–H and O–H groups in total. The van der Waals surface area contributed by atoms with Gasteiger partial charge in [-0.2, -0.15) is 0 Å². The van der Waals surface area contributed by atoms with Gasteiger partial charge < -0.3 is 10.6 Å². The summed E-state index contributed by atoms with van der Waals surface area (Å²) < 4.78 is 0. The number of hydrogen-bond donors (Lipinski definition) is 2. The number of anilines is 2. The number of hydrogen-bond acceptors (Lipinski definition) is 5. The molecule has 0 aliphatic carbocycles. The third-order valence-electron chi connectivity index (χ3n) is 8.00. The summed E-state index contributed by atoms with van der Waals surface area (Å²) in [6.45, 7) is 4.04. The fraction of sp³-hybridized carbons (Fsp3) is 0.0513. The van der Waals surface area contributed by atoms with E-state index in [2.05, 4.69) is 15.6 Å². The van der Waals surface area contributed by atoms with E-state index in [1.807, 2.05) is 123 Å². The third-order valence-corrected chi connectivity index (χ3v) is 8.00. The van der Waals surface area contributed by atoms with E-state index in [9.17, 15) is 9.59 Å². The number of pyridine rings is 3. The van der Waals surface area contributed by atoms with Gasteiger partial charge in [0.2, 0.25) is 0 Å². The maximum atomic E-state index is 13.7. The highest BCUT2D eigenvalue weighted by Gasteiger charge is 2.18. The van der Waals surface area contributed by atoms with E-state index in [4.69, 9.17) is 9.97 Å². The van der Waals surface area contributed by atoms with E-state index in [0.717, 1.165) is 44.1 Å². The average Bonchev–Trinajstić information content (AvgIpc) is 3.08. The zero-order valence-electron chi connectivity index (χ0n) is 25.3. The molecule has 7 heteroatoms. The average molecular weight is 600 g/mol. The Morgan fingerprint density at radius 2 is 0.891 bits per heavy atom. The van der Waals surface area contributed by atoms with Gasteiger partial charge in [-0.05, 0) is 61.4 Å². The summed E-state index contributed by atoms with van der Waals surface area (Å²) in [5.74, 6) is -0.0394. The number of nitrogens with zero attached hydrogens (tertiary/aromatic N) is 3. The van der Waals surface area contributed by atoms with E-state index < -0.39 is 0 Å². The van der Waals surface area contributed by atoms with Crippen LogP contribution in [0.2, 0.25) is 0 Å². The van der Waals surface area contributed by atoms with Crippen LogP contribution in [0, 0.1) is 13.8 Å². The van der Waals surface area contributed by atoms with Crippen molar-refractivity contribution in [1.82, 2.24) is 15.0 Å². The van der Waals surface area contributed by atoms with Gasteiger partial charge in [-0.3, -0.25) is 9.59 Å². The van der Waals surface area contributed by atoms with E-state index >= 15 is 0 Å². The predicted octanol–water partition coefficient (Wildman–Crippen LogP) is 8.63. The molecular formula is C39H29N5O2. The minimum atomic E-state index is -0.326. The fourth-order valence-electron chi connectivity index (χ4n) is 5.66. The highest BCUT2D eigenvalue weighted by molar-refractivity contribution is 6.14. The minimum absolute atomic E-state index is 0.307. The van der Waals surface area contributed by atoms with Crippen molar-refractivity contribution in [2.45, 2.75) is 13.8 Å². The van der Waals surface area contributed by atoms with Crippen molar-refractivity contribution in [3.8, 4) is 22.5 Å². The Morgan fingerprint density at radius 3 is 1.35 bits per heavy atom. The number of fused-ring (bicyclic) bond motifs is 2. The van der Waals surface area contributed by atoms with Crippen molar-refractivity contribution in [3.63, 3.8) is 0 Å². The molecule has 0 aliphatic heterocycles. The minimum Gasteiger partial charge on any atom is -0.306 e. The second kappa shape index (κ2) is 12.1. The Balaban J connectivity index is 1.19. The summed E-state index contributed by atoms with van der Waals surface area (Å²) in [6.07, 6.45) is 0. The third kappa shape index (κ3) is 5.57. The number of aromatic nitrogens is 3. The molecule has 7 aromatic rings. The van der Waals surface area contributed by atoms with E-state index in [1.54, 1.807) is 18.2 Å². The first kappa shape index (κ1) is 28.6. The number of aryl methyl sites for hydroxylation is 2. The summed E-state index contributed by atoms with van der Waals surface area (Å²) in [5.41, 5.74) is 7.87. The Bertz CT molecular complexity index is 2140. The Hall–Kier alpha value is -6.21. The van der Waals surface area contributed by atoms with Gasteiger partial charge in [0.25, 0.3) is 11.8 Å². The van der Waals surface area contributed by atoms with Crippen LogP contribution in [0.25, 0.3) is 44.3 Å². The van der Waals surface area contributed by atoms with Crippen molar-refractivity contribution < 1.29 is 9.59 Å². The van der Waals surface area contributed by atoms with Crippen LogP contribution in [0.3, 0.4) is 0 Å². The molecular weight excluding hydrogens is 570 g/mol. The van der Waals surface area contributed by atoms with Crippen LogP contribution in [0.4, 0.5) is 11.6 Å². The molecule has 46 heavy (non-hydrogen) atoms. The molecule has 0 radical (unpaired) electrons. The summed E-state index contributed by atoms with van der Waals surface area (Å²) in [5, 5.41) is 7.31. The second-order valence-corrected chi connectivity index (χ2v) is 11.1. The molecule has 3 aromatic heterocycles. The van der Waals surface area contributed by atoms with Crippen LogP contribution in [0.15, 0.2) is 127 Å². The van der Waals surface area contributed by atoms with Crippen LogP contribution in [0.5, 0.6) is 0 Å². The van der Waals surface area contributed by atoms with E-state index in [1.165, 1.54) is 0 Å². The molecule has 0 aliphatic rings. The van der Waals surface area contributed by atoms with Gasteiger partial charge in [0, 0.05) is 21.9 Å². The topological polar surface area (TPSA) is 96.9 Å². The Morgan fingerprint density at radius 1 is 0.478 bits per heavy atom. The van der Waals surface area contributed by atoms with Crippen molar-refractivity contribution in [2.75, 3.05) is 10.6 Å². The molecule has 0 unspecified atom stereocenters.